The van der Waals surface area contributed by atoms with Crippen molar-refractivity contribution in [3.8, 4) is 0 Å². The first-order valence-corrected chi connectivity index (χ1v) is 5.80. The van der Waals surface area contributed by atoms with E-state index in [0.717, 1.165) is 5.56 Å². The molecule has 0 bridgehead atoms. The molecule has 5 N–H and O–H groups in total. The number of hydrogen-bond donors (Lipinski definition) is 3. The van der Waals surface area contributed by atoms with Crippen molar-refractivity contribution in [2.24, 2.45) is 5.84 Å². The Bertz CT molecular complexity index is 354. The second kappa shape index (κ2) is 5.95. The number of hydrazine groups is 1. The van der Waals surface area contributed by atoms with E-state index < -0.39 is 0 Å². The van der Waals surface area contributed by atoms with E-state index in [-0.39, 0.29) is 11.6 Å². The number of anilines is 1. The van der Waals surface area contributed by atoms with Crippen molar-refractivity contribution in [3.63, 3.8) is 0 Å². The lowest BCUT2D eigenvalue weighted by Crippen LogP contribution is -2.52. The van der Waals surface area contributed by atoms with Gasteiger partial charge in [0.15, 0.2) is 0 Å². The molecule has 1 heterocycles. The zero-order chi connectivity index (χ0) is 12.9. The van der Waals surface area contributed by atoms with E-state index in [1.165, 1.54) is 0 Å². The Morgan fingerprint density at radius 3 is 2.76 bits per heavy atom. The molecule has 0 saturated heterocycles. The monoisotopic (exact) mass is 238 g/mol. The normalized spacial score (nSPS) is 13.6. The molecule has 0 aliphatic heterocycles. The molecule has 96 valence electrons. The third-order valence-electron chi connectivity index (χ3n) is 2.91. The minimum atomic E-state index is -0.355. The Morgan fingerprint density at radius 1 is 1.53 bits per heavy atom. The lowest BCUT2D eigenvalue weighted by Gasteiger charge is -2.33. The summed E-state index contributed by atoms with van der Waals surface area (Å²) in [6, 6.07) is 3.80. The number of nitrogens with zero attached hydrogens (tertiary/aromatic N) is 1. The number of pyridine rings is 1. The molecule has 5 heteroatoms. The molecule has 17 heavy (non-hydrogen) atoms. The fraction of sp³-hybridized carbons (Fsp3) is 0.583. The highest BCUT2D eigenvalue weighted by Gasteiger charge is 2.29. The van der Waals surface area contributed by atoms with Gasteiger partial charge < -0.3 is 10.5 Å². The fourth-order valence-electron chi connectivity index (χ4n) is 1.82. The first kappa shape index (κ1) is 13.9. The molecule has 0 saturated carbocycles. The second-order valence-corrected chi connectivity index (χ2v) is 4.51. The van der Waals surface area contributed by atoms with E-state index in [0.29, 0.717) is 18.8 Å². The van der Waals surface area contributed by atoms with E-state index in [9.17, 15) is 0 Å². The van der Waals surface area contributed by atoms with Crippen LogP contribution in [0.3, 0.4) is 0 Å². The largest absolute Gasteiger partial charge is 0.383 e. The number of hydrogen-bond acceptors (Lipinski definition) is 5. The highest BCUT2D eigenvalue weighted by atomic mass is 16.5. The van der Waals surface area contributed by atoms with Crippen LogP contribution in [0.1, 0.15) is 26.3 Å². The molecule has 1 aromatic heterocycles. The lowest BCUT2D eigenvalue weighted by atomic mass is 9.93. The van der Waals surface area contributed by atoms with Crippen LogP contribution in [-0.2, 0) is 11.2 Å². The minimum absolute atomic E-state index is 0.0195. The zero-order valence-corrected chi connectivity index (χ0v) is 10.7. The summed E-state index contributed by atoms with van der Waals surface area (Å²) in [6.07, 6.45) is 2.36. The molecule has 1 atom stereocenters. The van der Waals surface area contributed by atoms with Gasteiger partial charge in [0.05, 0.1) is 11.6 Å². The predicted octanol–water partition coefficient (Wildman–Crippen LogP) is 0.853. The summed E-state index contributed by atoms with van der Waals surface area (Å²) < 4.78 is 5.69. The SMILES string of the molecule is CCOC(C)(C)C(Cc1cccnc1N)NN. The van der Waals surface area contributed by atoms with Crippen LogP contribution in [0.5, 0.6) is 0 Å². The number of aromatic nitrogens is 1. The van der Waals surface area contributed by atoms with Crippen molar-refractivity contribution in [3.05, 3.63) is 23.9 Å². The molecule has 0 amide bonds. The quantitative estimate of drug-likeness (QED) is 0.505. The van der Waals surface area contributed by atoms with Crippen LogP contribution in [0.4, 0.5) is 5.82 Å². The Morgan fingerprint density at radius 2 is 2.24 bits per heavy atom. The summed E-state index contributed by atoms with van der Waals surface area (Å²) in [5.41, 5.74) is 9.23. The molecule has 0 aliphatic rings. The molecule has 0 fully saturated rings. The summed E-state index contributed by atoms with van der Waals surface area (Å²) >= 11 is 0. The molecule has 0 spiro atoms. The van der Waals surface area contributed by atoms with Gasteiger partial charge in [-0.25, -0.2) is 4.98 Å². The lowest BCUT2D eigenvalue weighted by molar-refractivity contribution is -0.0380. The average molecular weight is 238 g/mol. The van der Waals surface area contributed by atoms with Gasteiger partial charge >= 0.3 is 0 Å². The van der Waals surface area contributed by atoms with Gasteiger partial charge in [0.1, 0.15) is 5.82 Å². The number of nitrogens with one attached hydrogen (secondary N) is 1. The van der Waals surface area contributed by atoms with Crippen molar-refractivity contribution in [1.29, 1.82) is 0 Å². The molecule has 1 unspecified atom stereocenters. The van der Waals surface area contributed by atoms with Crippen molar-refractivity contribution >= 4 is 5.82 Å². The maximum absolute atomic E-state index is 5.82. The van der Waals surface area contributed by atoms with Gasteiger partial charge in [-0.1, -0.05) is 6.07 Å². The Hall–Kier alpha value is -1.17. The third kappa shape index (κ3) is 3.66. The van der Waals surface area contributed by atoms with Crippen LogP contribution >= 0.6 is 0 Å². The van der Waals surface area contributed by atoms with E-state index in [1.807, 2.05) is 32.9 Å². The summed E-state index contributed by atoms with van der Waals surface area (Å²) in [6.45, 7) is 6.63. The molecule has 0 aromatic carbocycles. The van der Waals surface area contributed by atoms with E-state index >= 15 is 0 Å². The van der Waals surface area contributed by atoms with Crippen molar-refractivity contribution in [1.82, 2.24) is 10.4 Å². The second-order valence-electron chi connectivity index (χ2n) is 4.51. The fourth-order valence-corrected chi connectivity index (χ4v) is 1.82. The van der Waals surface area contributed by atoms with Gasteiger partial charge in [0, 0.05) is 12.8 Å². The maximum atomic E-state index is 5.82. The number of nitrogen functional groups attached to an aromatic ring is 1. The molecular weight excluding hydrogens is 216 g/mol. The van der Waals surface area contributed by atoms with Crippen LogP contribution < -0.4 is 17.0 Å². The van der Waals surface area contributed by atoms with E-state index in [1.54, 1.807) is 6.20 Å². The van der Waals surface area contributed by atoms with Gasteiger partial charge in [0.2, 0.25) is 0 Å². The zero-order valence-electron chi connectivity index (χ0n) is 10.7. The highest BCUT2D eigenvalue weighted by Crippen LogP contribution is 2.20. The Balaban J connectivity index is 2.80. The van der Waals surface area contributed by atoms with Crippen LogP contribution in [0.2, 0.25) is 0 Å². The molecule has 1 rings (SSSR count). The molecule has 5 nitrogen and oxygen atoms in total. The number of ether oxygens (including phenoxy) is 1. The van der Waals surface area contributed by atoms with Crippen LogP contribution in [-0.4, -0.2) is 23.2 Å². The van der Waals surface area contributed by atoms with Crippen molar-refractivity contribution in [2.45, 2.75) is 38.8 Å². The Kier molecular flexibility index (Phi) is 4.86. The average Bonchev–Trinajstić information content (AvgIpc) is 2.27. The first-order chi connectivity index (χ1) is 8.01. The number of rotatable bonds is 6. The van der Waals surface area contributed by atoms with Crippen LogP contribution in [0, 0.1) is 0 Å². The first-order valence-electron chi connectivity index (χ1n) is 5.80. The maximum Gasteiger partial charge on any atom is 0.126 e. The summed E-state index contributed by atoms with van der Waals surface area (Å²) in [5.74, 6) is 6.14. The smallest absolute Gasteiger partial charge is 0.126 e. The third-order valence-corrected chi connectivity index (χ3v) is 2.91. The number of nitrogens with two attached hydrogens (primary N) is 2. The highest BCUT2D eigenvalue weighted by molar-refractivity contribution is 5.39. The van der Waals surface area contributed by atoms with Crippen molar-refractivity contribution < 1.29 is 4.74 Å². The predicted molar refractivity (Wildman–Crippen MR) is 69.2 cm³/mol. The molecular formula is C12H22N4O. The van der Waals surface area contributed by atoms with Gasteiger partial charge in [0.25, 0.3) is 0 Å². The minimum Gasteiger partial charge on any atom is -0.383 e. The van der Waals surface area contributed by atoms with Gasteiger partial charge in [-0.3, -0.25) is 11.3 Å². The molecule has 1 aromatic rings. The topological polar surface area (TPSA) is 86.2 Å². The van der Waals surface area contributed by atoms with Gasteiger partial charge in [-0.05, 0) is 38.8 Å². The van der Waals surface area contributed by atoms with E-state index in [2.05, 4.69) is 10.4 Å². The Labute approximate surface area is 103 Å². The van der Waals surface area contributed by atoms with Crippen molar-refractivity contribution in [2.75, 3.05) is 12.3 Å². The summed E-state index contributed by atoms with van der Waals surface area (Å²) in [7, 11) is 0. The standard InChI is InChI=1S/C12H22N4O/c1-4-17-12(2,3)10(16-14)8-9-6-5-7-15-11(9)13/h5-7,10,16H,4,8,14H2,1-3H3,(H2,13,15). The summed E-state index contributed by atoms with van der Waals surface area (Å²) in [5, 5.41) is 0. The van der Waals surface area contributed by atoms with Crippen LogP contribution in [0.25, 0.3) is 0 Å². The van der Waals surface area contributed by atoms with Gasteiger partial charge in [-0.2, -0.15) is 0 Å². The van der Waals surface area contributed by atoms with E-state index in [4.69, 9.17) is 16.3 Å². The summed E-state index contributed by atoms with van der Waals surface area (Å²) in [4.78, 5) is 4.06. The van der Waals surface area contributed by atoms with Gasteiger partial charge in [-0.15, -0.1) is 0 Å². The molecule has 0 radical (unpaired) electrons. The van der Waals surface area contributed by atoms with Crippen LogP contribution in [0.15, 0.2) is 18.3 Å². The molecule has 0 aliphatic carbocycles.